The number of hydrogen-bond donors (Lipinski definition) is 0. The lowest BCUT2D eigenvalue weighted by Crippen LogP contribution is -1.90. The summed E-state index contributed by atoms with van der Waals surface area (Å²) in [6.45, 7) is 4.54. The second-order valence-corrected chi connectivity index (χ2v) is 5.12. The molecule has 0 spiro atoms. The Bertz CT molecular complexity index is 695. The zero-order chi connectivity index (χ0) is 12.5. The first-order valence-corrected chi connectivity index (χ1v) is 6.70. The van der Waals surface area contributed by atoms with Gasteiger partial charge < -0.3 is 0 Å². The molecule has 3 aromatic carbocycles. The molecule has 3 aromatic rings. The second kappa shape index (κ2) is 4.45. The van der Waals surface area contributed by atoms with E-state index in [0.29, 0.717) is 5.92 Å². The Labute approximate surface area is 108 Å². The van der Waals surface area contributed by atoms with Crippen LogP contribution in [0.3, 0.4) is 0 Å². The average molecular weight is 234 g/mol. The van der Waals surface area contributed by atoms with Gasteiger partial charge in [0.25, 0.3) is 0 Å². The van der Waals surface area contributed by atoms with Crippen molar-refractivity contribution in [3.05, 3.63) is 60.2 Å². The maximum Gasteiger partial charge on any atom is -0.0175 e. The summed E-state index contributed by atoms with van der Waals surface area (Å²) < 4.78 is 0. The zero-order valence-electron chi connectivity index (χ0n) is 11.0. The Hall–Kier alpha value is -1.82. The maximum atomic E-state index is 2.34. The van der Waals surface area contributed by atoms with E-state index in [1.54, 1.807) is 0 Å². The third-order valence-electron chi connectivity index (χ3n) is 3.91. The van der Waals surface area contributed by atoms with Gasteiger partial charge in [-0.3, -0.25) is 0 Å². The molecule has 0 aliphatic rings. The van der Waals surface area contributed by atoms with Crippen LogP contribution in [-0.4, -0.2) is 0 Å². The number of rotatable bonds is 2. The van der Waals surface area contributed by atoms with Gasteiger partial charge in [-0.25, -0.2) is 0 Å². The normalized spacial score (nSPS) is 13.0. The molecule has 0 heterocycles. The first kappa shape index (κ1) is 11.3. The third-order valence-corrected chi connectivity index (χ3v) is 3.91. The molecule has 0 aromatic heterocycles. The van der Waals surface area contributed by atoms with E-state index in [1.807, 2.05) is 0 Å². The van der Waals surface area contributed by atoms with Crippen LogP contribution < -0.4 is 0 Å². The van der Waals surface area contributed by atoms with Crippen LogP contribution in [0.4, 0.5) is 0 Å². The summed E-state index contributed by atoms with van der Waals surface area (Å²) >= 11 is 0. The highest BCUT2D eigenvalue weighted by atomic mass is 14.1. The highest BCUT2D eigenvalue weighted by Gasteiger charge is 2.04. The van der Waals surface area contributed by atoms with Crippen LogP contribution in [0.2, 0.25) is 0 Å². The number of benzene rings is 3. The Kier molecular flexibility index (Phi) is 2.79. The molecular formula is C18H18. The Morgan fingerprint density at radius 3 is 2.06 bits per heavy atom. The monoisotopic (exact) mass is 234 g/mol. The minimum absolute atomic E-state index is 0.640. The van der Waals surface area contributed by atoms with Crippen LogP contribution in [0.15, 0.2) is 54.6 Å². The lowest BCUT2D eigenvalue weighted by molar-refractivity contribution is 0.735. The fourth-order valence-electron chi connectivity index (χ4n) is 2.50. The second-order valence-electron chi connectivity index (χ2n) is 5.12. The van der Waals surface area contributed by atoms with Gasteiger partial charge in [0.1, 0.15) is 0 Å². The van der Waals surface area contributed by atoms with Crippen molar-refractivity contribution in [2.75, 3.05) is 0 Å². The molecule has 90 valence electrons. The molecule has 0 aliphatic carbocycles. The fraction of sp³-hybridized carbons (Fsp3) is 0.222. The van der Waals surface area contributed by atoms with Crippen molar-refractivity contribution in [2.45, 2.75) is 26.2 Å². The van der Waals surface area contributed by atoms with Crippen LogP contribution in [0, 0.1) is 0 Å². The summed E-state index contributed by atoms with van der Waals surface area (Å²) in [5, 5.41) is 5.33. The van der Waals surface area contributed by atoms with Gasteiger partial charge in [-0.1, -0.05) is 56.3 Å². The Balaban J connectivity index is 2.24. The number of fused-ring (bicyclic) bond motifs is 2. The van der Waals surface area contributed by atoms with Crippen molar-refractivity contribution in [2.24, 2.45) is 0 Å². The summed E-state index contributed by atoms with van der Waals surface area (Å²) in [5.41, 5.74) is 1.44. The van der Waals surface area contributed by atoms with E-state index in [1.165, 1.54) is 33.5 Å². The standard InChI is InChI=1S/C18H18/c1-3-13(2)14-8-9-17-11-15-6-4-5-7-16(15)12-18(17)10-14/h4-13H,3H2,1-2H3. The summed E-state index contributed by atoms with van der Waals surface area (Å²) in [7, 11) is 0. The largest absolute Gasteiger partial charge is 0.0648 e. The van der Waals surface area contributed by atoms with E-state index in [4.69, 9.17) is 0 Å². The molecule has 0 N–H and O–H groups in total. The molecule has 0 saturated heterocycles. The lowest BCUT2D eigenvalue weighted by Gasteiger charge is -2.10. The van der Waals surface area contributed by atoms with Gasteiger partial charge in [-0.15, -0.1) is 0 Å². The van der Waals surface area contributed by atoms with Crippen molar-refractivity contribution < 1.29 is 0 Å². The molecule has 0 nitrogen and oxygen atoms in total. The van der Waals surface area contributed by atoms with Crippen molar-refractivity contribution in [1.29, 1.82) is 0 Å². The van der Waals surface area contributed by atoms with Gasteiger partial charge in [-0.2, -0.15) is 0 Å². The summed E-state index contributed by atoms with van der Waals surface area (Å²) in [5.74, 6) is 0.640. The molecule has 18 heavy (non-hydrogen) atoms. The predicted octanol–water partition coefficient (Wildman–Crippen LogP) is 5.51. The van der Waals surface area contributed by atoms with Crippen LogP contribution in [-0.2, 0) is 0 Å². The quantitative estimate of drug-likeness (QED) is 0.513. The molecule has 0 heteroatoms. The van der Waals surface area contributed by atoms with E-state index in [2.05, 4.69) is 68.4 Å². The van der Waals surface area contributed by atoms with Crippen LogP contribution in [0.1, 0.15) is 31.7 Å². The first-order chi connectivity index (χ1) is 8.78. The van der Waals surface area contributed by atoms with Crippen LogP contribution in [0.5, 0.6) is 0 Å². The molecule has 0 fully saturated rings. The van der Waals surface area contributed by atoms with Gasteiger partial charge in [0, 0.05) is 0 Å². The molecule has 0 aliphatic heterocycles. The van der Waals surface area contributed by atoms with Crippen molar-refractivity contribution in [3.8, 4) is 0 Å². The highest BCUT2D eigenvalue weighted by molar-refractivity contribution is 5.98. The lowest BCUT2D eigenvalue weighted by atomic mass is 9.95. The van der Waals surface area contributed by atoms with Gasteiger partial charge >= 0.3 is 0 Å². The topological polar surface area (TPSA) is 0 Å². The van der Waals surface area contributed by atoms with Gasteiger partial charge in [0.15, 0.2) is 0 Å². The minimum atomic E-state index is 0.640. The van der Waals surface area contributed by atoms with E-state index < -0.39 is 0 Å². The highest BCUT2D eigenvalue weighted by Crippen LogP contribution is 2.27. The van der Waals surface area contributed by atoms with E-state index >= 15 is 0 Å². The minimum Gasteiger partial charge on any atom is -0.0648 e. The summed E-state index contributed by atoms with van der Waals surface area (Å²) in [6.07, 6.45) is 1.19. The van der Waals surface area contributed by atoms with Gasteiger partial charge in [0.05, 0.1) is 0 Å². The van der Waals surface area contributed by atoms with E-state index in [-0.39, 0.29) is 0 Å². The van der Waals surface area contributed by atoms with Gasteiger partial charge in [-0.05, 0) is 51.6 Å². The SMILES string of the molecule is CCC(C)c1ccc2cc3ccccc3cc2c1. The molecule has 0 saturated carbocycles. The molecule has 0 radical (unpaired) electrons. The van der Waals surface area contributed by atoms with Gasteiger partial charge in [0.2, 0.25) is 0 Å². The van der Waals surface area contributed by atoms with Crippen LogP contribution >= 0.6 is 0 Å². The molecule has 1 atom stereocenters. The van der Waals surface area contributed by atoms with Crippen LogP contribution in [0.25, 0.3) is 21.5 Å². The summed E-state index contributed by atoms with van der Waals surface area (Å²) in [4.78, 5) is 0. The third kappa shape index (κ3) is 1.88. The van der Waals surface area contributed by atoms with E-state index in [0.717, 1.165) is 0 Å². The molecule has 0 bridgehead atoms. The molecule has 0 amide bonds. The molecule has 3 rings (SSSR count). The predicted molar refractivity (Wildman–Crippen MR) is 80.2 cm³/mol. The first-order valence-electron chi connectivity index (χ1n) is 6.70. The zero-order valence-corrected chi connectivity index (χ0v) is 11.0. The number of hydrogen-bond acceptors (Lipinski definition) is 0. The smallest absolute Gasteiger partial charge is 0.0175 e. The Morgan fingerprint density at radius 2 is 1.39 bits per heavy atom. The van der Waals surface area contributed by atoms with Crippen molar-refractivity contribution in [1.82, 2.24) is 0 Å². The van der Waals surface area contributed by atoms with Crippen molar-refractivity contribution >= 4 is 21.5 Å². The molecule has 1 unspecified atom stereocenters. The van der Waals surface area contributed by atoms with E-state index in [9.17, 15) is 0 Å². The maximum absolute atomic E-state index is 2.34. The average Bonchev–Trinajstić information content (AvgIpc) is 2.43. The summed E-state index contributed by atoms with van der Waals surface area (Å²) in [6, 6.07) is 20.0. The molecular weight excluding hydrogens is 216 g/mol. The Morgan fingerprint density at radius 1 is 0.778 bits per heavy atom. The fourth-order valence-corrected chi connectivity index (χ4v) is 2.50. The van der Waals surface area contributed by atoms with Crippen molar-refractivity contribution in [3.63, 3.8) is 0 Å².